The number of carbonyl (C=O) groups is 2. The van der Waals surface area contributed by atoms with Crippen LogP contribution in [0.1, 0.15) is 19.4 Å². The molecule has 20 heavy (non-hydrogen) atoms. The molecule has 0 saturated heterocycles. The van der Waals surface area contributed by atoms with Crippen LogP contribution in [0.25, 0.3) is 0 Å². The third-order valence-corrected chi connectivity index (χ3v) is 3.35. The van der Waals surface area contributed by atoms with Crippen molar-refractivity contribution in [3.63, 3.8) is 0 Å². The van der Waals surface area contributed by atoms with Crippen LogP contribution in [0.2, 0.25) is 0 Å². The zero-order valence-corrected chi connectivity index (χ0v) is 13.9. The van der Waals surface area contributed by atoms with Crippen LogP contribution in [0.5, 0.6) is 0 Å². The number of nitrogens with one attached hydrogen (secondary N) is 1. The lowest BCUT2D eigenvalue weighted by atomic mass is 9.92. The van der Waals surface area contributed by atoms with Crippen LogP contribution in [-0.2, 0) is 19.9 Å². The number of halogens is 2. The highest BCUT2D eigenvalue weighted by Gasteiger charge is 2.32. The zero-order chi connectivity index (χ0) is 14.6. The average molecular weight is 366 g/mol. The minimum atomic E-state index is -1.22. The summed E-state index contributed by atoms with van der Waals surface area (Å²) in [5, 5.41) is 2.53. The molecule has 3 N–H and O–H groups in total. The van der Waals surface area contributed by atoms with Gasteiger partial charge in [0.2, 0.25) is 5.91 Å². The number of hydrogen-bond donors (Lipinski definition) is 2. The third kappa shape index (κ3) is 4.47. The van der Waals surface area contributed by atoms with Gasteiger partial charge in [-0.05, 0) is 31.5 Å². The molecule has 0 aliphatic rings. The van der Waals surface area contributed by atoms with E-state index < -0.39 is 23.5 Å². The fourth-order valence-electron chi connectivity index (χ4n) is 1.51. The number of rotatable bonds is 4. The van der Waals surface area contributed by atoms with Crippen LogP contribution in [0.4, 0.5) is 0 Å². The second kappa shape index (κ2) is 7.61. The summed E-state index contributed by atoms with van der Waals surface area (Å²) < 4.78 is 5.44. The van der Waals surface area contributed by atoms with Gasteiger partial charge in [0.15, 0.2) is 0 Å². The molecule has 7 heteroatoms. The molecule has 1 rings (SSSR count). The van der Waals surface area contributed by atoms with Crippen molar-refractivity contribution in [1.29, 1.82) is 0 Å². The fourth-order valence-corrected chi connectivity index (χ4v) is 1.77. The summed E-state index contributed by atoms with van der Waals surface area (Å²) in [5.41, 5.74) is 5.48. The molecule has 1 unspecified atom stereocenters. The highest BCUT2D eigenvalue weighted by Crippen LogP contribution is 2.20. The topological polar surface area (TPSA) is 81.4 Å². The number of benzene rings is 1. The molecule has 0 radical (unpaired) electrons. The first-order chi connectivity index (χ1) is 8.78. The van der Waals surface area contributed by atoms with Gasteiger partial charge in [-0.25, -0.2) is 4.79 Å². The zero-order valence-electron chi connectivity index (χ0n) is 11.5. The highest BCUT2D eigenvalue weighted by molar-refractivity contribution is 9.10. The Hall–Kier alpha value is -1.11. The monoisotopic (exact) mass is 364 g/mol. The second-order valence-electron chi connectivity index (χ2n) is 4.43. The van der Waals surface area contributed by atoms with Crippen molar-refractivity contribution in [2.24, 2.45) is 5.73 Å². The first kappa shape index (κ1) is 18.9. The number of esters is 1. The van der Waals surface area contributed by atoms with Crippen molar-refractivity contribution in [2.75, 3.05) is 7.11 Å². The summed E-state index contributed by atoms with van der Waals surface area (Å²) in [6.45, 7) is 3.14. The first-order valence-electron chi connectivity index (χ1n) is 5.72. The molecule has 0 aromatic heterocycles. The largest absolute Gasteiger partial charge is 0.467 e. The molecule has 0 spiro atoms. The van der Waals surface area contributed by atoms with E-state index in [1.165, 1.54) is 7.11 Å². The number of carbonyl (C=O) groups excluding carboxylic acids is 2. The van der Waals surface area contributed by atoms with E-state index in [1.807, 2.05) is 0 Å². The van der Waals surface area contributed by atoms with Crippen molar-refractivity contribution in [1.82, 2.24) is 5.32 Å². The van der Waals surface area contributed by atoms with Crippen LogP contribution < -0.4 is 11.1 Å². The summed E-state index contributed by atoms with van der Waals surface area (Å²) in [6.07, 6.45) is 0. The average Bonchev–Trinajstić information content (AvgIpc) is 2.38. The summed E-state index contributed by atoms with van der Waals surface area (Å²) >= 11 is 3.32. The van der Waals surface area contributed by atoms with Gasteiger partial charge in [-0.15, -0.1) is 12.4 Å². The van der Waals surface area contributed by atoms with Crippen molar-refractivity contribution in [2.45, 2.75) is 25.4 Å². The van der Waals surface area contributed by atoms with E-state index >= 15 is 0 Å². The number of methoxy groups -OCH3 is 1. The Labute approximate surface area is 132 Å². The summed E-state index contributed by atoms with van der Waals surface area (Å²) in [5.74, 6) is -0.951. The molecule has 5 nitrogen and oxygen atoms in total. The maximum Gasteiger partial charge on any atom is 0.328 e. The van der Waals surface area contributed by atoms with Gasteiger partial charge in [-0.1, -0.05) is 28.1 Å². The predicted molar refractivity (Wildman–Crippen MR) is 82.6 cm³/mol. The van der Waals surface area contributed by atoms with Gasteiger partial charge < -0.3 is 15.8 Å². The normalized spacial score (nSPS) is 14.4. The molecule has 2 atom stereocenters. The summed E-state index contributed by atoms with van der Waals surface area (Å²) in [4.78, 5) is 23.4. The molecule has 0 aliphatic carbocycles. The number of hydrogen-bond acceptors (Lipinski definition) is 4. The maximum atomic E-state index is 12.1. The first-order valence-corrected chi connectivity index (χ1v) is 6.52. The number of nitrogens with two attached hydrogens (primary N) is 1. The van der Waals surface area contributed by atoms with Gasteiger partial charge in [0, 0.05) is 4.47 Å². The molecule has 0 heterocycles. The van der Waals surface area contributed by atoms with E-state index in [-0.39, 0.29) is 12.4 Å². The summed E-state index contributed by atoms with van der Waals surface area (Å²) in [7, 11) is 1.27. The Morgan fingerprint density at radius 2 is 1.85 bits per heavy atom. The van der Waals surface area contributed by atoms with E-state index in [4.69, 9.17) is 5.73 Å². The maximum absolute atomic E-state index is 12.1. The predicted octanol–water partition coefficient (Wildman–Crippen LogP) is 1.72. The van der Waals surface area contributed by atoms with Crippen LogP contribution in [0.3, 0.4) is 0 Å². The van der Waals surface area contributed by atoms with E-state index in [1.54, 1.807) is 38.1 Å². The standard InChI is InChI=1S/C13H17BrN2O3.ClH/c1-8(11(17)19-3)16-12(18)13(2,15)9-4-6-10(14)7-5-9;/h4-8H,15H2,1-3H3,(H,16,18);1H/t8-,13?;/m0./s1. The minimum Gasteiger partial charge on any atom is -0.467 e. The number of ether oxygens (including phenoxy) is 1. The summed E-state index contributed by atoms with van der Waals surface area (Å²) in [6, 6.07) is 6.38. The van der Waals surface area contributed by atoms with Gasteiger partial charge >= 0.3 is 5.97 Å². The Morgan fingerprint density at radius 1 is 1.35 bits per heavy atom. The molecule has 1 aromatic rings. The molecule has 0 aliphatic heterocycles. The Kier molecular flexibility index (Phi) is 7.19. The van der Waals surface area contributed by atoms with Gasteiger partial charge in [-0.3, -0.25) is 4.79 Å². The molecule has 0 fully saturated rings. The molecule has 0 saturated carbocycles. The Morgan fingerprint density at radius 3 is 2.30 bits per heavy atom. The fraction of sp³-hybridized carbons (Fsp3) is 0.385. The molecule has 0 bridgehead atoms. The van der Waals surface area contributed by atoms with Crippen LogP contribution >= 0.6 is 28.3 Å². The highest BCUT2D eigenvalue weighted by atomic mass is 79.9. The van der Waals surface area contributed by atoms with E-state index in [9.17, 15) is 9.59 Å². The van der Waals surface area contributed by atoms with Crippen molar-refractivity contribution in [3.8, 4) is 0 Å². The van der Waals surface area contributed by atoms with E-state index in [2.05, 4.69) is 26.0 Å². The van der Waals surface area contributed by atoms with Crippen LogP contribution in [0, 0.1) is 0 Å². The number of amides is 1. The van der Waals surface area contributed by atoms with Gasteiger partial charge in [0.25, 0.3) is 0 Å². The minimum absolute atomic E-state index is 0. The smallest absolute Gasteiger partial charge is 0.328 e. The quantitative estimate of drug-likeness (QED) is 0.796. The van der Waals surface area contributed by atoms with Gasteiger partial charge in [0.1, 0.15) is 11.6 Å². The van der Waals surface area contributed by atoms with Crippen molar-refractivity contribution >= 4 is 40.2 Å². The Bertz CT molecular complexity index is 477. The molecular weight excluding hydrogens is 348 g/mol. The lowest BCUT2D eigenvalue weighted by Crippen LogP contribution is -2.53. The van der Waals surface area contributed by atoms with Gasteiger partial charge in [-0.2, -0.15) is 0 Å². The molecule has 1 amide bonds. The SMILES string of the molecule is COC(=O)[C@H](C)NC(=O)C(C)(N)c1ccc(Br)cc1.Cl. The third-order valence-electron chi connectivity index (χ3n) is 2.82. The second-order valence-corrected chi connectivity index (χ2v) is 5.34. The van der Waals surface area contributed by atoms with Crippen LogP contribution in [-0.4, -0.2) is 25.0 Å². The lowest BCUT2D eigenvalue weighted by Gasteiger charge is -2.25. The molecule has 112 valence electrons. The van der Waals surface area contributed by atoms with E-state index in [0.717, 1.165) is 4.47 Å². The lowest BCUT2D eigenvalue weighted by molar-refractivity contribution is -0.145. The van der Waals surface area contributed by atoms with Crippen molar-refractivity contribution in [3.05, 3.63) is 34.3 Å². The van der Waals surface area contributed by atoms with Crippen LogP contribution in [0.15, 0.2) is 28.7 Å². The van der Waals surface area contributed by atoms with Crippen molar-refractivity contribution < 1.29 is 14.3 Å². The Balaban J connectivity index is 0.00000361. The van der Waals surface area contributed by atoms with E-state index in [0.29, 0.717) is 5.56 Å². The van der Waals surface area contributed by atoms with Gasteiger partial charge in [0.05, 0.1) is 7.11 Å². The molecule has 1 aromatic carbocycles. The molecular formula is C13H18BrClN2O3.